The lowest BCUT2D eigenvalue weighted by Crippen LogP contribution is -2.46. The van der Waals surface area contributed by atoms with Gasteiger partial charge in [0.15, 0.2) is 0 Å². The summed E-state index contributed by atoms with van der Waals surface area (Å²) in [5, 5.41) is 5.57. The summed E-state index contributed by atoms with van der Waals surface area (Å²) in [6, 6.07) is 1.69. The van der Waals surface area contributed by atoms with E-state index in [0.717, 1.165) is 38.3 Å². The normalized spacial score (nSPS) is 21.9. The molecule has 7 nitrogen and oxygen atoms in total. The van der Waals surface area contributed by atoms with Crippen LogP contribution in [-0.2, 0) is 11.3 Å². The average Bonchev–Trinajstić information content (AvgIpc) is 3.03. The molecule has 0 radical (unpaired) electrons. The van der Waals surface area contributed by atoms with Crippen molar-refractivity contribution < 1.29 is 14.3 Å². The van der Waals surface area contributed by atoms with E-state index in [1.807, 2.05) is 4.90 Å². The third-order valence-corrected chi connectivity index (χ3v) is 4.41. The van der Waals surface area contributed by atoms with Gasteiger partial charge in [-0.1, -0.05) is 0 Å². The first kappa shape index (κ1) is 12.6. The van der Waals surface area contributed by atoms with Crippen LogP contribution in [0.2, 0.25) is 0 Å². The van der Waals surface area contributed by atoms with Gasteiger partial charge in [0, 0.05) is 30.6 Å². The van der Waals surface area contributed by atoms with Crippen LogP contribution in [0.3, 0.4) is 0 Å². The first-order chi connectivity index (χ1) is 10.2. The SMILES string of the molecule is O=C1NCc2cc(NC(=O)N3CCC4(COC4)C3)cnc21. The number of fused-ring (bicyclic) bond motifs is 1. The maximum atomic E-state index is 12.3. The number of likely N-dealkylation sites (tertiary alicyclic amines) is 1. The highest BCUT2D eigenvalue weighted by atomic mass is 16.5. The molecule has 2 saturated heterocycles. The zero-order valence-corrected chi connectivity index (χ0v) is 11.5. The number of carbonyl (C=O) groups is 2. The number of hydrogen-bond donors (Lipinski definition) is 2. The van der Waals surface area contributed by atoms with E-state index in [2.05, 4.69) is 15.6 Å². The molecule has 3 aliphatic rings. The molecule has 1 aromatic rings. The van der Waals surface area contributed by atoms with Gasteiger partial charge in [-0.25, -0.2) is 9.78 Å². The molecule has 3 aliphatic heterocycles. The molecule has 21 heavy (non-hydrogen) atoms. The number of anilines is 1. The van der Waals surface area contributed by atoms with Crippen molar-refractivity contribution in [3.63, 3.8) is 0 Å². The van der Waals surface area contributed by atoms with E-state index < -0.39 is 0 Å². The summed E-state index contributed by atoms with van der Waals surface area (Å²) in [5.41, 5.74) is 2.08. The monoisotopic (exact) mass is 288 g/mol. The maximum absolute atomic E-state index is 12.3. The summed E-state index contributed by atoms with van der Waals surface area (Å²) in [7, 11) is 0. The molecular weight excluding hydrogens is 272 g/mol. The van der Waals surface area contributed by atoms with Gasteiger partial charge >= 0.3 is 6.03 Å². The van der Waals surface area contributed by atoms with Crippen LogP contribution in [0.15, 0.2) is 12.3 Å². The van der Waals surface area contributed by atoms with Gasteiger partial charge in [0.2, 0.25) is 0 Å². The molecule has 0 aromatic carbocycles. The predicted octanol–water partition coefficient (Wildman–Crippen LogP) is 0.579. The lowest BCUT2D eigenvalue weighted by atomic mass is 9.85. The number of nitrogens with zero attached hydrogens (tertiary/aromatic N) is 2. The van der Waals surface area contributed by atoms with Crippen LogP contribution in [0.5, 0.6) is 0 Å². The smallest absolute Gasteiger partial charge is 0.321 e. The van der Waals surface area contributed by atoms with Gasteiger partial charge in [-0.2, -0.15) is 0 Å². The first-order valence-electron chi connectivity index (χ1n) is 7.06. The Morgan fingerprint density at radius 3 is 3.05 bits per heavy atom. The molecule has 0 aliphatic carbocycles. The quantitative estimate of drug-likeness (QED) is 0.792. The van der Waals surface area contributed by atoms with Gasteiger partial charge in [0.1, 0.15) is 5.69 Å². The average molecular weight is 288 g/mol. The summed E-state index contributed by atoms with van der Waals surface area (Å²) in [4.78, 5) is 29.6. The number of aromatic nitrogens is 1. The highest BCUT2D eigenvalue weighted by Crippen LogP contribution is 2.37. The molecule has 1 spiro atoms. The largest absolute Gasteiger partial charge is 0.380 e. The number of hydrogen-bond acceptors (Lipinski definition) is 4. The van der Waals surface area contributed by atoms with Crippen molar-refractivity contribution in [1.82, 2.24) is 15.2 Å². The highest BCUT2D eigenvalue weighted by molar-refractivity contribution is 5.97. The topological polar surface area (TPSA) is 83.6 Å². The van der Waals surface area contributed by atoms with Gasteiger partial charge in [-0.05, 0) is 12.5 Å². The molecule has 110 valence electrons. The molecule has 0 saturated carbocycles. The third-order valence-electron chi connectivity index (χ3n) is 4.41. The van der Waals surface area contributed by atoms with Gasteiger partial charge in [-0.3, -0.25) is 4.79 Å². The fourth-order valence-electron chi connectivity index (χ4n) is 3.11. The highest BCUT2D eigenvalue weighted by Gasteiger charge is 2.45. The van der Waals surface area contributed by atoms with Crippen molar-refractivity contribution in [2.24, 2.45) is 5.41 Å². The minimum absolute atomic E-state index is 0.113. The first-order valence-corrected chi connectivity index (χ1v) is 7.06. The van der Waals surface area contributed by atoms with E-state index in [1.165, 1.54) is 6.20 Å². The standard InChI is InChI=1S/C14H16N4O3/c19-12-11-9(4-16-12)3-10(5-15-11)17-13(20)18-2-1-14(6-18)7-21-8-14/h3,5H,1-2,4,6-8H2,(H,16,19)(H,17,20). The van der Waals surface area contributed by atoms with Crippen LogP contribution in [-0.4, -0.2) is 48.1 Å². The maximum Gasteiger partial charge on any atom is 0.321 e. The molecule has 2 fully saturated rings. The van der Waals surface area contributed by atoms with Crippen molar-refractivity contribution in [3.8, 4) is 0 Å². The van der Waals surface area contributed by atoms with Crippen LogP contribution in [0.4, 0.5) is 10.5 Å². The summed E-state index contributed by atoms with van der Waals surface area (Å²) in [6.45, 7) is 3.48. The zero-order valence-electron chi connectivity index (χ0n) is 11.5. The number of rotatable bonds is 1. The fraction of sp³-hybridized carbons (Fsp3) is 0.500. The van der Waals surface area contributed by atoms with E-state index in [1.54, 1.807) is 6.07 Å². The number of pyridine rings is 1. The van der Waals surface area contributed by atoms with Crippen LogP contribution in [0.1, 0.15) is 22.5 Å². The molecule has 4 rings (SSSR count). The molecule has 0 unspecified atom stereocenters. The number of nitrogens with one attached hydrogen (secondary N) is 2. The van der Waals surface area contributed by atoms with Gasteiger partial charge in [-0.15, -0.1) is 0 Å². The second-order valence-corrected chi connectivity index (χ2v) is 6.01. The van der Waals surface area contributed by atoms with Crippen molar-refractivity contribution in [1.29, 1.82) is 0 Å². The predicted molar refractivity (Wildman–Crippen MR) is 73.9 cm³/mol. The molecule has 4 heterocycles. The zero-order chi connectivity index (χ0) is 14.4. The Balaban J connectivity index is 1.44. The Kier molecular flexibility index (Phi) is 2.65. The molecule has 1 aromatic heterocycles. The number of amides is 3. The van der Waals surface area contributed by atoms with Crippen molar-refractivity contribution in [3.05, 3.63) is 23.5 Å². The second kappa shape index (κ2) is 4.42. The van der Waals surface area contributed by atoms with Crippen LogP contribution in [0, 0.1) is 5.41 Å². The van der Waals surface area contributed by atoms with E-state index in [4.69, 9.17) is 4.74 Å². The molecule has 7 heteroatoms. The summed E-state index contributed by atoms with van der Waals surface area (Å²) < 4.78 is 5.26. The second-order valence-electron chi connectivity index (χ2n) is 6.01. The van der Waals surface area contributed by atoms with Gasteiger partial charge in [0.05, 0.1) is 25.1 Å². The summed E-state index contributed by atoms with van der Waals surface area (Å²) in [6.07, 6.45) is 2.53. The Hall–Kier alpha value is -2.15. The van der Waals surface area contributed by atoms with Crippen molar-refractivity contribution in [2.45, 2.75) is 13.0 Å². The van der Waals surface area contributed by atoms with E-state index >= 15 is 0 Å². The third kappa shape index (κ3) is 2.04. The number of carbonyl (C=O) groups excluding carboxylic acids is 2. The Morgan fingerprint density at radius 1 is 1.48 bits per heavy atom. The molecular formula is C14H16N4O3. The van der Waals surface area contributed by atoms with Crippen LogP contribution in [0.25, 0.3) is 0 Å². The Morgan fingerprint density at radius 2 is 2.33 bits per heavy atom. The summed E-state index contributed by atoms with van der Waals surface area (Å²) in [5.74, 6) is -0.158. The Labute approximate surface area is 121 Å². The van der Waals surface area contributed by atoms with Crippen LogP contribution >= 0.6 is 0 Å². The minimum Gasteiger partial charge on any atom is -0.380 e. The molecule has 3 amide bonds. The summed E-state index contributed by atoms with van der Waals surface area (Å²) >= 11 is 0. The van der Waals surface area contributed by atoms with Crippen molar-refractivity contribution in [2.75, 3.05) is 31.6 Å². The van der Waals surface area contributed by atoms with E-state index in [9.17, 15) is 9.59 Å². The Bertz CT molecular complexity index is 627. The van der Waals surface area contributed by atoms with Crippen molar-refractivity contribution >= 4 is 17.6 Å². The lowest BCUT2D eigenvalue weighted by molar-refractivity contribution is -0.103. The van der Waals surface area contributed by atoms with E-state index in [0.29, 0.717) is 17.9 Å². The van der Waals surface area contributed by atoms with Gasteiger partial charge < -0.3 is 20.3 Å². The lowest BCUT2D eigenvalue weighted by Gasteiger charge is -2.37. The molecule has 2 N–H and O–H groups in total. The number of ether oxygens (including phenoxy) is 1. The molecule has 0 atom stereocenters. The van der Waals surface area contributed by atoms with E-state index in [-0.39, 0.29) is 17.4 Å². The van der Waals surface area contributed by atoms with Gasteiger partial charge in [0.25, 0.3) is 5.91 Å². The molecule has 0 bridgehead atoms. The number of urea groups is 1. The minimum atomic E-state index is -0.158. The fourth-order valence-corrected chi connectivity index (χ4v) is 3.11. The van der Waals surface area contributed by atoms with Crippen LogP contribution < -0.4 is 10.6 Å².